The molecule has 1 saturated carbocycles. The van der Waals surface area contributed by atoms with Crippen LogP contribution in [0.5, 0.6) is 0 Å². The van der Waals surface area contributed by atoms with Crippen molar-refractivity contribution in [2.24, 2.45) is 11.8 Å². The molecule has 0 bridgehead atoms. The van der Waals surface area contributed by atoms with Crippen molar-refractivity contribution in [2.45, 2.75) is 70.3 Å². The van der Waals surface area contributed by atoms with Gasteiger partial charge in [-0.15, -0.1) is 0 Å². The molecule has 1 aromatic carbocycles. The van der Waals surface area contributed by atoms with E-state index in [1.165, 1.54) is 10.9 Å². The van der Waals surface area contributed by atoms with Crippen LogP contribution in [0.2, 0.25) is 0 Å². The highest BCUT2D eigenvalue weighted by atomic mass is 79.9. The molecule has 0 unspecified atom stereocenters. The predicted octanol–water partition coefficient (Wildman–Crippen LogP) is 6.12. The molecule has 0 radical (unpaired) electrons. The van der Waals surface area contributed by atoms with E-state index in [0.717, 1.165) is 48.9 Å². The van der Waals surface area contributed by atoms with E-state index in [9.17, 15) is 13.6 Å². The average molecular weight is 481 g/mol. The van der Waals surface area contributed by atoms with Gasteiger partial charge in [0.05, 0.1) is 0 Å². The Bertz CT molecular complexity index is 879. The van der Waals surface area contributed by atoms with E-state index in [-0.39, 0.29) is 12.8 Å². The molecule has 2 aliphatic rings. The predicted molar refractivity (Wildman–Crippen MR) is 120 cm³/mol. The number of fused-ring (bicyclic) bond motifs is 1. The van der Waals surface area contributed by atoms with E-state index < -0.39 is 5.92 Å². The van der Waals surface area contributed by atoms with E-state index in [4.69, 9.17) is 0 Å². The Labute approximate surface area is 185 Å². The summed E-state index contributed by atoms with van der Waals surface area (Å²) in [6.07, 6.45) is 7.51. The van der Waals surface area contributed by atoms with E-state index in [0.29, 0.717) is 43.3 Å². The number of aromatic nitrogens is 1. The fourth-order valence-electron chi connectivity index (χ4n) is 5.04. The Hall–Kier alpha value is -1.27. The largest absolute Gasteiger partial charge is 0.347 e. The van der Waals surface area contributed by atoms with Crippen LogP contribution < -0.4 is 5.32 Å². The van der Waals surface area contributed by atoms with Crippen molar-refractivity contribution in [3.05, 3.63) is 34.4 Å². The Morgan fingerprint density at radius 1 is 1.13 bits per heavy atom. The van der Waals surface area contributed by atoms with E-state index >= 15 is 0 Å². The molecule has 0 amide bonds. The molecule has 164 valence electrons. The van der Waals surface area contributed by atoms with Gasteiger partial charge in [-0.1, -0.05) is 15.9 Å². The Kier molecular flexibility index (Phi) is 6.93. The monoisotopic (exact) mass is 480 g/mol. The van der Waals surface area contributed by atoms with Crippen molar-refractivity contribution in [1.82, 2.24) is 9.88 Å². The lowest BCUT2D eigenvalue weighted by Crippen LogP contribution is -2.28. The van der Waals surface area contributed by atoms with Gasteiger partial charge in [0.2, 0.25) is 5.92 Å². The summed E-state index contributed by atoms with van der Waals surface area (Å²) in [4.78, 5) is 12.6. The van der Waals surface area contributed by atoms with Gasteiger partial charge in [0.25, 0.3) is 0 Å². The third-order valence-electron chi connectivity index (χ3n) is 6.87. The number of hydrogen-bond donors (Lipinski definition) is 1. The summed E-state index contributed by atoms with van der Waals surface area (Å²) in [5, 5.41) is 4.52. The van der Waals surface area contributed by atoms with Crippen molar-refractivity contribution in [3.63, 3.8) is 0 Å². The number of rotatable bonds is 7. The smallest absolute Gasteiger partial charge is 0.248 e. The van der Waals surface area contributed by atoms with Crippen LogP contribution in [0.1, 0.15) is 56.9 Å². The summed E-state index contributed by atoms with van der Waals surface area (Å²) in [5.74, 6) is -1.32. The highest BCUT2D eigenvalue weighted by Crippen LogP contribution is 2.37. The summed E-state index contributed by atoms with van der Waals surface area (Å²) >= 11 is 3.57. The Morgan fingerprint density at radius 3 is 2.60 bits per heavy atom. The zero-order valence-electron chi connectivity index (χ0n) is 17.4. The SMILES string of the molecule is O=C(CCc1cn(CC2CCC(F)(F)CC2)c2ccc(Br)cc12)CC1CCNCC1. The van der Waals surface area contributed by atoms with Gasteiger partial charge in [-0.05, 0) is 80.8 Å². The highest BCUT2D eigenvalue weighted by molar-refractivity contribution is 9.10. The van der Waals surface area contributed by atoms with Crippen molar-refractivity contribution < 1.29 is 13.6 Å². The first kappa shape index (κ1) is 21.9. The number of alkyl halides is 2. The van der Waals surface area contributed by atoms with Gasteiger partial charge in [0, 0.05) is 53.8 Å². The first-order valence-corrected chi connectivity index (χ1v) is 12.1. The highest BCUT2D eigenvalue weighted by Gasteiger charge is 2.35. The van der Waals surface area contributed by atoms with Crippen LogP contribution in [0.3, 0.4) is 0 Å². The number of nitrogens with zero attached hydrogens (tertiary/aromatic N) is 1. The first-order chi connectivity index (χ1) is 14.4. The lowest BCUT2D eigenvalue weighted by molar-refractivity contribution is -0.120. The van der Waals surface area contributed by atoms with Crippen LogP contribution in [0.15, 0.2) is 28.9 Å². The number of hydrogen-bond acceptors (Lipinski definition) is 2. The normalized spacial score (nSPS) is 20.6. The summed E-state index contributed by atoms with van der Waals surface area (Å²) in [6.45, 7) is 2.82. The van der Waals surface area contributed by atoms with Gasteiger partial charge < -0.3 is 9.88 Å². The molecule has 1 aliphatic heterocycles. The Morgan fingerprint density at radius 2 is 1.87 bits per heavy atom. The zero-order valence-corrected chi connectivity index (χ0v) is 19.0. The standard InChI is InChI=1S/C24H31BrF2N2O/c25-20-2-4-23-22(14-20)19(1-3-21(30)13-17-7-11-28-12-8-17)16-29(23)15-18-5-9-24(26,27)10-6-18/h2,4,14,16-18,28H,1,3,5-13,15H2. The number of carbonyl (C=O) groups excluding carboxylic acids is 1. The van der Waals surface area contributed by atoms with Crippen molar-refractivity contribution in [2.75, 3.05) is 13.1 Å². The number of nitrogens with one attached hydrogen (secondary N) is 1. The lowest BCUT2D eigenvalue weighted by Gasteiger charge is -2.28. The van der Waals surface area contributed by atoms with Crippen molar-refractivity contribution in [1.29, 1.82) is 0 Å². The fourth-order valence-corrected chi connectivity index (χ4v) is 5.40. The summed E-state index contributed by atoms with van der Waals surface area (Å²) < 4.78 is 30.3. The number of ketones is 1. The number of halogens is 3. The van der Waals surface area contributed by atoms with Crippen LogP contribution in [0.4, 0.5) is 8.78 Å². The number of piperidine rings is 1. The maximum Gasteiger partial charge on any atom is 0.248 e. The molecule has 0 spiro atoms. The topological polar surface area (TPSA) is 34.0 Å². The fraction of sp³-hybridized carbons (Fsp3) is 0.625. The van der Waals surface area contributed by atoms with Crippen LogP contribution in [0.25, 0.3) is 10.9 Å². The van der Waals surface area contributed by atoms with E-state index in [1.807, 2.05) is 6.07 Å². The first-order valence-electron chi connectivity index (χ1n) is 11.3. The van der Waals surface area contributed by atoms with Gasteiger partial charge in [0.15, 0.2) is 0 Å². The molecule has 2 fully saturated rings. The minimum atomic E-state index is -2.49. The molecule has 30 heavy (non-hydrogen) atoms. The van der Waals surface area contributed by atoms with Crippen molar-refractivity contribution >= 4 is 32.6 Å². The molecule has 3 nitrogen and oxygen atoms in total. The molecule has 0 atom stereocenters. The van der Waals surface area contributed by atoms with Gasteiger partial charge >= 0.3 is 0 Å². The van der Waals surface area contributed by atoms with E-state index in [2.05, 4.69) is 44.1 Å². The van der Waals surface area contributed by atoms with Crippen LogP contribution >= 0.6 is 15.9 Å². The van der Waals surface area contributed by atoms with E-state index in [1.54, 1.807) is 0 Å². The Balaban J connectivity index is 1.43. The lowest BCUT2D eigenvalue weighted by atomic mass is 9.87. The summed E-state index contributed by atoms with van der Waals surface area (Å²) in [7, 11) is 0. The molecule has 2 heterocycles. The third-order valence-corrected chi connectivity index (χ3v) is 7.36. The van der Waals surface area contributed by atoms with Gasteiger partial charge in [-0.25, -0.2) is 8.78 Å². The minimum Gasteiger partial charge on any atom is -0.347 e. The maximum atomic E-state index is 13.5. The van der Waals surface area contributed by atoms with Gasteiger partial charge in [-0.3, -0.25) is 4.79 Å². The number of carbonyl (C=O) groups is 1. The molecule has 2 aromatic rings. The summed E-state index contributed by atoms with van der Waals surface area (Å²) in [5.41, 5.74) is 2.32. The molecule has 4 rings (SSSR count). The number of Topliss-reactive ketones (excluding diaryl/α,β-unsaturated/α-hetero) is 1. The van der Waals surface area contributed by atoms with Crippen LogP contribution in [-0.2, 0) is 17.8 Å². The van der Waals surface area contributed by atoms with Gasteiger partial charge in [0.1, 0.15) is 5.78 Å². The molecule has 1 saturated heterocycles. The second-order valence-electron chi connectivity index (χ2n) is 9.20. The molecular weight excluding hydrogens is 450 g/mol. The molecular formula is C24H31BrF2N2O. The molecule has 1 aromatic heterocycles. The van der Waals surface area contributed by atoms with Crippen LogP contribution in [-0.4, -0.2) is 29.4 Å². The average Bonchev–Trinajstić information content (AvgIpc) is 3.05. The van der Waals surface area contributed by atoms with Crippen LogP contribution in [0, 0.1) is 11.8 Å². The number of aryl methyl sites for hydroxylation is 1. The molecule has 6 heteroatoms. The minimum absolute atomic E-state index is 0.000458. The summed E-state index contributed by atoms with van der Waals surface area (Å²) in [6, 6.07) is 6.24. The number of benzene rings is 1. The molecule has 1 aliphatic carbocycles. The van der Waals surface area contributed by atoms with Crippen molar-refractivity contribution in [3.8, 4) is 0 Å². The quantitative estimate of drug-likeness (QED) is 0.517. The van der Waals surface area contributed by atoms with Gasteiger partial charge in [-0.2, -0.15) is 0 Å². The second kappa shape index (κ2) is 9.47. The zero-order chi connectivity index (χ0) is 21.1. The third kappa shape index (κ3) is 5.50. The second-order valence-corrected chi connectivity index (χ2v) is 10.1. The molecule has 1 N–H and O–H groups in total. The maximum absolute atomic E-state index is 13.5.